The fraction of sp³-hybridized carbons (Fsp3) is 1.00. The molecule has 1 saturated heterocycles. The number of hydrogen-bond donors (Lipinski definition) is 1. The number of likely N-dealkylation sites (tertiary alicyclic amines) is 1. The van der Waals surface area contributed by atoms with Gasteiger partial charge in [0.15, 0.2) is 0 Å². The summed E-state index contributed by atoms with van der Waals surface area (Å²) in [5, 5.41) is 1.86. The van der Waals surface area contributed by atoms with Gasteiger partial charge in [-0.3, -0.25) is 10.7 Å². The first-order chi connectivity index (χ1) is 5.91. The first-order valence-corrected chi connectivity index (χ1v) is 5.14. The molecular formula is C10H23N3. The summed E-state index contributed by atoms with van der Waals surface area (Å²) in [5.74, 6) is 5.74. The van der Waals surface area contributed by atoms with E-state index in [-0.39, 0.29) is 0 Å². The summed E-state index contributed by atoms with van der Waals surface area (Å²) in [6.07, 6.45) is 2.40. The first-order valence-electron chi connectivity index (χ1n) is 5.14. The summed E-state index contributed by atoms with van der Waals surface area (Å²) in [7, 11) is 1.97. The Kier molecular flexibility index (Phi) is 3.33. The molecule has 0 radical (unpaired) electrons. The maximum absolute atomic E-state index is 5.74. The summed E-state index contributed by atoms with van der Waals surface area (Å²) in [5.41, 5.74) is 0.318. The van der Waals surface area contributed by atoms with Crippen LogP contribution in [-0.2, 0) is 0 Å². The van der Waals surface area contributed by atoms with Gasteiger partial charge < -0.3 is 0 Å². The largest absolute Gasteiger partial charge is 0.298 e. The average molecular weight is 185 g/mol. The van der Waals surface area contributed by atoms with Gasteiger partial charge in [-0.05, 0) is 33.6 Å². The van der Waals surface area contributed by atoms with Gasteiger partial charge in [0.25, 0.3) is 0 Å². The monoisotopic (exact) mass is 185 g/mol. The molecule has 0 aromatic heterocycles. The summed E-state index contributed by atoms with van der Waals surface area (Å²) >= 11 is 0. The van der Waals surface area contributed by atoms with Gasteiger partial charge in [-0.15, -0.1) is 0 Å². The second kappa shape index (κ2) is 3.95. The number of piperidine rings is 1. The van der Waals surface area contributed by atoms with Crippen molar-refractivity contribution in [3.63, 3.8) is 0 Å². The Morgan fingerprint density at radius 3 is 2.00 bits per heavy atom. The van der Waals surface area contributed by atoms with Crippen LogP contribution in [0.5, 0.6) is 0 Å². The second-order valence-corrected chi connectivity index (χ2v) is 5.05. The lowest BCUT2D eigenvalue weighted by molar-refractivity contribution is 0.0656. The van der Waals surface area contributed by atoms with Gasteiger partial charge in [0.1, 0.15) is 0 Å². The van der Waals surface area contributed by atoms with Crippen LogP contribution in [0.4, 0.5) is 0 Å². The quantitative estimate of drug-likeness (QED) is 0.489. The molecule has 0 saturated carbocycles. The van der Waals surface area contributed by atoms with Gasteiger partial charge in [0, 0.05) is 31.7 Å². The van der Waals surface area contributed by atoms with Crippen LogP contribution in [0.1, 0.15) is 33.6 Å². The Morgan fingerprint density at radius 1 is 1.23 bits per heavy atom. The van der Waals surface area contributed by atoms with E-state index in [1.165, 1.54) is 25.9 Å². The number of hydrazine groups is 1. The molecule has 13 heavy (non-hydrogen) atoms. The standard InChI is InChI=1S/C10H23N3/c1-10(2,3)13-7-5-9(6-8-13)12(4)11/h9H,5-8,11H2,1-4H3. The summed E-state index contributed by atoms with van der Waals surface area (Å²) < 4.78 is 0. The van der Waals surface area contributed by atoms with Crippen molar-refractivity contribution in [2.45, 2.75) is 45.2 Å². The van der Waals surface area contributed by atoms with Crippen LogP contribution in [0.15, 0.2) is 0 Å². The fourth-order valence-electron chi connectivity index (χ4n) is 1.94. The summed E-state index contributed by atoms with van der Waals surface area (Å²) in [6, 6.07) is 0.582. The zero-order valence-electron chi connectivity index (χ0n) is 9.38. The Balaban J connectivity index is 2.39. The van der Waals surface area contributed by atoms with Crippen LogP contribution in [0.25, 0.3) is 0 Å². The van der Waals surface area contributed by atoms with Crippen LogP contribution in [0.2, 0.25) is 0 Å². The third-order valence-corrected chi connectivity index (χ3v) is 2.99. The molecular weight excluding hydrogens is 162 g/mol. The van der Waals surface area contributed by atoms with Crippen LogP contribution < -0.4 is 5.84 Å². The van der Waals surface area contributed by atoms with E-state index in [1.807, 2.05) is 12.1 Å². The zero-order valence-corrected chi connectivity index (χ0v) is 9.38. The molecule has 0 spiro atoms. The van der Waals surface area contributed by atoms with Crippen molar-refractivity contribution in [1.82, 2.24) is 9.91 Å². The highest BCUT2D eigenvalue weighted by Gasteiger charge is 2.27. The van der Waals surface area contributed by atoms with Crippen molar-refractivity contribution in [1.29, 1.82) is 0 Å². The predicted molar refractivity (Wildman–Crippen MR) is 56.3 cm³/mol. The molecule has 2 N–H and O–H groups in total. The van der Waals surface area contributed by atoms with E-state index >= 15 is 0 Å². The van der Waals surface area contributed by atoms with Crippen molar-refractivity contribution in [3.8, 4) is 0 Å². The molecule has 1 rings (SSSR count). The molecule has 0 unspecified atom stereocenters. The van der Waals surface area contributed by atoms with E-state index in [9.17, 15) is 0 Å². The van der Waals surface area contributed by atoms with E-state index in [2.05, 4.69) is 25.7 Å². The molecule has 1 aliphatic rings. The molecule has 1 fully saturated rings. The van der Waals surface area contributed by atoms with Crippen LogP contribution in [0, 0.1) is 0 Å². The minimum absolute atomic E-state index is 0.318. The highest BCUT2D eigenvalue weighted by atomic mass is 15.4. The Labute approximate surface area is 81.8 Å². The van der Waals surface area contributed by atoms with Crippen molar-refractivity contribution in [2.24, 2.45) is 5.84 Å². The van der Waals surface area contributed by atoms with Crippen molar-refractivity contribution in [3.05, 3.63) is 0 Å². The second-order valence-electron chi connectivity index (χ2n) is 5.05. The lowest BCUT2D eigenvalue weighted by Crippen LogP contribution is -2.51. The Morgan fingerprint density at radius 2 is 1.69 bits per heavy atom. The molecule has 3 nitrogen and oxygen atoms in total. The lowest BCUT2D eigenvalue weighted by atomic mass is 9.98. The molecule has 0 aromatic rings. The molecule has 1 heterocycles. The van der Waals surface area contributed by atoms with Gasteiger partial charge in [0.2, 0.25) is 0 Å². The molecule has 1 aliphatic heterocycles. The number of rotatable bonds is 1. The smallest absolute Gasteiger partial charge is 0.0262 e. The average Bonchev–Trinajstić information content (AvgIpc) is 2.03. The maximum atomic E-state index is 5.74. The molecule has 0 amide bonds. The van der Waals surface area contributed by atoms with Gasteiger partial charge in [-0.1, -0.05) is 0 Å². The van der Waals surface area contributed by atoms with Gasteiger partial charge in [-0.2, -0.15) is 0 Å². The van der Waals surface area contributed by atoms with E-state index in [4.69, 9.17) is 5.84 Å². The maximum Gasteiger partial charge on any atom is 0.0262 e. The van der Waals surface area contributed by atoms with E-state index in [0.29, 0.717) is 11.6 Å². The van der Waals surface area contributed by atoms with Crippen molar-refractivity contribution < 1.29 is 0 Å². The van der Waals surface area contributed by atoms with E-state index in [0.717, 1.165) is 0 Å². The topological polar surface area (TPSA) is 32.5 Å². The molecule has 0 bridgehead atoms. The normalized spacial score (nSPS) is 22.6. The van der Waals surface area contributed by atoms with Gasteiger partial charge >= 0.3 is 0 Å². The highest BCUT2D eigenvalue weighted by Crippen LogP contribution is 2.21. The van der Waals surface area contributed by atoms with Crippen molar-refractivity contribution in [2.75, 3.05) is 20.1 Å². The third-order valence-electron chi connectivity index (χ3n) is 2.99. The van der Waals surface area contributed by atoms with E-state index in [1.54, 1.807) is 0 Å². The SMILES string of the molecule is CN(N)C1CCN(C(C)(C)C)CC1. The zero-order chi connectivity index (χ0) is 10.1. The minimum atomic E-state index is 0.318. The Bertz CT molecular complexity index is 152. The molecule has 78 valence electrons. The molecule has 0 aromatic carbocycles. The molecule has 3 heteroatoms. The highest BCUT2D eigenvalue weighted by molar-refractivity contribution is 4.83. The van der Waals surface area contributed by atoms with E-state index < -0.39 is 0 Å². The van der Waals surface area contributed by atoms with Gasteiger partial charge in [-0.25, -0.2) is 5.01 Å². The lowest BCUT2D eigenvalue weighted by Gasteiger charge is -2.42. The van der Waals surface area contributed by atoms with Crippen LogP contribution in [0.3, 0.4) is 0 Å². The van der Waals surface area contributed by atoms with Crippen LogP contribution in [-0.4, -0.2) is 41.6 Å². The number of hydrogen-bond acceptors (Lipinski definition) is 3. The molecule has 0 atom stereocenters. The predicted octanol–water partition coefficient (Wildman–Crippen LogP) is 1.05. The van der Waals surface area contributed by atoms with Gasteiger partial charge in [0.05, 0.1) is 0 Å². The summed E-state index contributed by atoms with van der Waals surface area (Å²) in [6.45, 7) is 9.18. The number of nitrogens with zero attached hydrogens (tertiary/aromatic N) is 2. The number of nitrogens with two attached hydrogens (primary N) is 1. The molecule has 0 aliphatic carbocycles. The third kappa shape index (κ3) is 2.93. The van der Waals surface area contributed by atoms with Crippen LogP contribution >= 0.6 is 0 Å². The first kappa shape index (κ1) is 11.0. The Hall–Kier alpha value is -0.120. The summed E-state index contributed by atoms with van der Waals surface area (Å²) in [4.78, 5) is 2.53. The van der Waals surface area contributed by atoms with Crippen molar-refractivity contribution >= 4 is 0 Å². The fourth-order valence-corrected chi connectivity index (χ4v) is 1.94. The minimum Gasteiger partial charge on any atom is -0.298 e.